The lowest BCUT2D eigenvalue weighted by atomic mass is 9.97. The van der Waals surface area contributed by atoms with E-state index in [2.05, 4.69) is 4.98 Å². The Morgan fingerprint density at radius 2 is 2.12 bits per heavy atom. The molecule has 3 atom stereocenters. The van der Waals surface area contributed by atoms with Crippen molar-refractivity contribution in [3.63, 3.8) is 0 Å². The summed E-state index contributed by atoms with van der Waals surface area (Å²) in [6, 6.07) is 10.4. The lowest BCUT2D eigenvalue weighted by molar-refractivity contribution is -0.0965. The predicted molar refractivity (Wildman–Crippen MR) is 91.9 cm³/mol. The van der Waals surface area contributed by atoms with Gasteiger partial charge in [-0.25, -0.2) is 9.59 Å². The molecule has 0 aliphatic carbocycles. The highest BCUT2D eigenvalue weighted by atomic mass is 16.6. The van der Waals surface area contributed by atoms with Crippen LogP contribution in [0.25, 0.3) is 0 Å². The van der Waals surface area contributed by atoms with Gasteiger partial charge in [-0.3, -0.25) is 4.57 Å². The molecule has 1 aliphatic rings. The third-order valence-electron chi connectivity index (χ3n) is 4.29. The van der Waals surface area contributed by atoms with E-state index >= 15 is 0 Å². The summed E-state index contributed by atoms with van der Waals surface area (Å²) in [5, 5.41) is 0. The second-order valence-corrected chi connectivity index (χ2v) is 6.62. The first kappa shape index (κ1) is 17.2. The largest absolute Gasteiger partial charge is 0.459 e. The van der Waals surface area contributed by atoms with Crippen LogP contribution in [0.2, 0.25) is 0 Å². The molecule has 0 spiro atoms. The van der Waals surface area contributed by atoms with Crippen molar-refractivity contribution < 1.29 is 14.3 Å². The fraction of sp³-hybridized carbons (Fsp3) is 0.389. The van der Waals surface area contributed by atoms with Crippen molar-refractivity contribution in [3.8, 4) is 0 Å². The van der Waals surface area contributed by atoms with Crippen molar-refractivity contribution in [3.05, 3.63) is 58.6 Å². The van der Waals surface area contributed by atoms with Gasteiger partial charge in [0, 0.05) is 12.1 Å². The molecule has 1 saturated heterocycles. The zero-order valence-corrected chi connectivity index (χ0v) is 14.2. The zero-order valence-electron chi connectivity index (χ0n) is 14.2. The number of aromatic nitrogens is 2. The Bertz CT molecular complexity index is 821. The molecule has 0 amide bonds. The van der Waals surface area contributed by atoms with Gasteiger partial charge in [-0.2, -0.15) is 4.98 Å². The number of ether oxygens (including phenoxy) is 2. The Hall–Kier alpha value is -2.67. The fourth-order valence-electron chi connectivity index (χ4n) is 3.16. The summed E-state index contributed by atoms with van der Waals surface area (Å²) >= 11 is 0. The zero-order chi connectivity index (χ0) is 18.0. The van der Waals surface area contributed by atoms with E-state index in [9.17, 15) is 9.59 Å². The van der Waals surface area contributed by atoms with Crippen LogP contribution in [0.4, 0.5) is 5.82 Å². The average Bonchev–Trinajstić information content (AvgIpc) is 2.88. The Labute approximate surface area is 145 Å². The van der Waals surface area contributed by atoms with Crippen molar-refractivity contribution >= 4 is 11.8 Å². The smallest absolute Gasteiger partial charge is 0.351 e. The lowest BCUT2D eigenvalue weighted by Crippen LogP contribution is -2.34. The van der Waals surface area contributed by atoms with Crippen LogP contribution in [-0.4, -0.2) is 27.7 Å². The Kier molecular flexibility index (Phi) is 4.59. The summed E-state index contributed by atoms with van der Waals surface area (Å²) in [5.41, 5.74) is 4.89. The normalized spacial score (nSPS) is 25.7. The summed E-state index contributed by atoms with van der Waals surface area (Å²) in [4.78, 5) is 27.9. The minimum Gasteiger partial charge on any atom is -0.459 e. The van der Waals surface area contributed by atoms with Crippen LogP contribution < -0.4 is 11.4 Å². The van der Waals surface area contributed by atoms with Crippen LogP contribution in [0.5, 0.6) is 0 Å². The molecular formula is C18H21N3O4. The molecule has 2 heterocycles. The molecule has 1 fully saturated rings. The van der Waals surface area contributed by atoms with Gasteiger partial charge in [-0.1, -0.05) is 25.1 Å². The number of nitrogen functional groups attached to an aromatic ring is 1. The number of anilines is 1. The molecule has 1 aromatic heterocycles. The predicted octanol–water partition coefficient (Wildman–Crippen LogP) is 2.00. The number of nitrogens with two attached hydrogens (primary N) is 1. The minimum atomic E-state index is -0.671. The number of benzene rings is 1. The average molecular weight is 343 g/mol. The van der Waals surface area contributed by atoms with E-state index in [1.807, 2.05) is 19.9 Å². The van der Waals surface area contributed by atoms with Crippen LogP contribution in [0.15, 0.2) is 47.4 Å². The molecule has 1 aromatic carbocycles. The quantitative estimate of drug-likeness (QED) is 0.853. The number of rotatable bonds is 4. The standard InChI is InChI=1S/C18H21N3O4/c1-12-10-18(2,11-24-16(22)13-6-4-3-5-7-13)25-15(12)21-9-8-14(19)20-17(21)23/h3-9,12,15H,10-11H2,1-2H3,(H2,19,20,23)/t12-,15+,18-/m0/s1. The first-order valence-corrected chi connectivity index (χ1v) is 8.13. The summed E-state index contributed by atoms with van der Waals surface area (Å²) in [6.07, 6.45) is 1.76. The summed E-state index contributed by atoms with van der Waals surface area (Å²) in [5.74, 6) is -0.164. The van der Waals surface area contributed by atoms with Crippen molar-refractivity contribution in [1.29, 1.82) is 0 Å². The topological polar surface area (TPSA) is 96.4 Å². The van der Waals surface area contributed by atoms with Gasteiger partial charge in [0.05, 0.1) is 5.56 Å². The van der Waals surface area contributed by atoms with E-state index in [1.165, 1.54) is 4.57 Å². The van der Waals surface area contributed by atoms with E-state index in [0.29, 0.717) is 12.0 Å². The summed E-state index contributed by atoms with van der Waals surface area (Å²) < 4.78 is 12.9. The SMILES string of the molecule is C[C@H]1C[C@@](C)(COC(=O)c2ccccc2)O[C@H]1n1ccc(N)nc1=O. The Morgan fingerprint density at radius 1 is 1.40 bits per heavy atom. The van der Waals surface area contributed by atoms with E-state index in [4.69, 9.17) is 15.2 Å². The van der Waals surface area contributed by atoms with E-state index in [-0.39, 0.29) is 18.3 Å². The van der Waals surface area contributed by atoms with Gasteiger partial charge in [0.15, 0.2) is 0 Å². The minimum absolute atomic E-state index is 0.0588. The van der Waals surface area contributed by atoms with Gasteiger partial charge in [-0.05, 0) is 31.5 Å². The molecule has 7 nitrogen and oxygen atoms in total. The van der Waals surface area contributed by atoms with E-state index in [1.54, 1.807) is 36.5 Å². The van der Waals surface area contributed by atoms with E-state index < -0.39 is 23.5 Å². The Morgan fingerprint density at radius 3 is 2.80 bits per heavy atom. The van der Waals surface area contributed by atoms with Gasteiger partial charge < -0.3 is 15.2 Å². The molecule has 2 N–H and O–H groups in total. The van der Waals surface area contributed by atoms with Gasteiger partial charge in [-0.15, -0.1) is 0 Å². The molecule has 1 aliphatic heterocycles. The first-order valence-electron chi connectivity index (χ1n) is 8.13. The highest BCUT2D eigenvalue weighted by molar-refractivity contribution is 5.89. The van der Waals surface area contributed by atoms with Gasteiger partial charge in [0.25, 0.3) is 0 Å². The maximum atomic E-state index is 12.1. The van der Waals surface area contributed by atoms with Crippen LogP contribution in [0, 0.1) is 5.92 Å². The second-order valence-electron chi connectivity index (χ2n) is 6.62. The number of esters is 1. The maximum Gasteiger partial charge on any atom is 0.351 e. The molecular weight excluding hydrogens is 322 g/mol. The van der Waals surface area contributed by atoms with Crippen LogP contribution in [0.1, 0.15) is 36.9 Å². The highest BCUT2D eigenvalue weighted by Crippen LogP contribution is 2.40. The lowest BCUT2D eigenvalue weighted by Gasteiger charge is -2.24. The van der Waals surface area contributed by atoms with E-state index in [0.717, 1.165) is 0 Å². The van der Waals surface area contributed by atoms with Gasteiger partial charge in [0.2, 0.25) is 0 Å². The first-order chi connectivity index (χ1) is 11.9. The number of nitrogens with zero attached hydrogens (tertiary/aromatic N) is 2. The second kappa shape index (κ2) is 6.68. The third-order valence-corrected chi connectivity index (χ3v) is 4.29. The van der Waals surface area contributed by atoms with Crippen molar-refractivity contribution in [2.75, 3.05) is 12.3 Å². The number of hydrogen-bond donors (Lipinski definition) is 1. The highest BCUT2D eigenvalue weighted by Gasteiger charge is 2.43. The third kappa shape index (κ3) is 3.71. The van der Waals surface area contributed by atoms with Crippen molar-refractivity contribution in [2.24, 2.45) is 5.92 Å². The molecule has 2 aromatic rings. The number of carbonyl (C=O) groups excluding carboxylic acids is 1. The molecule has 25 heavy (non-hydrogen) atoms. The molecule has 132 valence electrons. The van der Waals surface area contributed by atoms with Crippen molar-refractivity contribution in [2.45, 2.75) is 32.1 Å². The monoisotopic (exact) mass is 343 g/mol. The Balaban J connectivity index is 1.69. The molecule has 0 bridgehead atoms. The molecule has 0 radical (unpaired) electrons. The number of hydrogen-bond acceptors (Lipinski definition) is 6. The molecule has 0 unspecified atom stereocenters. The summed E-state index contributed by atoms with van der Waals surface area (Å²) in [7, 11) is 0. The maximum absolute atomic E-state index is 12.1. The van der Waals surface area contributed by atoms with Gasteiger partial charge >= 0.3 is 11.7 Å². The summed E-state index contributed by atoms with van der Waals surface area (Å²) in [6.45, 7) is 3.97. The molecule has 7 heteroatoms. The van der Waals surface area contributed by atoms with Crippen LogP contribution in [-0.2, 0) is 9.47 Å². The molecule has 3 rings (SSSR count). The van der Waals surface area contributed by atoms with Crippen LogP contribution in [0.3, 0.4) is 0 Å². The number of carbonyl (C=O) groups is 1. The molecule has 0 saturated carbocycles. The fourth-order valence-corrected chi connectivity index (χ4v) is 3.16. The van der Waals surface area contributed by atoms with Gasteiger partial charge in [0.1, 0.15) is 24.3 Å². The van der Waals surface area contributed by atoms with Crippen molar-refractivity contribution in [1.82, 2.24) is 9.55 Å². The van der Waals surface area contributed by atoms with Crippen LogP contribution >= 0.6 is 0 Å².